The number of nitrogens with zero attached hydrogens (tertiary/aromatic N) is 2. The van der Waals surface area contributed by atoms with Gasteiger partial charge < -0.3 is 19.7 Å². The smallest absolute Gasteiger partial charge is 0.174 e. The van der Waals surface area contributed by atoms with Gasteiger partial charge in [-0.3, -0.25) is 4.98 Å². The topological polar surface area (TPSA) is 61.5 Å². The lowest BCUT2D eigenvalue weighted by molar-refractivity contribution is 0.434. The van der Waals surface area contributed by atoms with Gasteiger partial charge in [-0.2, -0.15) is 0 Å². The molecule has 1 aliphatic rings. The van der Waals surface area contributed by atoms with E-state index in [1.54, 1.807) is 24.4 Å². The molecule has 1 fully saturated rings. The second-order valence-corrected chi connectivity index (χ2v) is 9.49. The lowest BCUT2D eigenvalue weighted by atomic mass is 10.0. The Hall–Kier alpha value is -2.87. The van der Waals surface area contributed by atoms with Gasteiger partial charge in [0.15, 0.2) is 5.11 Å². The van der Waals surface area contributed by atoms with Crippen molar-refractivity contribution in [1.29, 1.82) is 0 Å². The maximum Gasteiger partial charge on any atom is 0.174 e. The van der Waals surface area contributed by atoms with Crippen molar-refractivity contribution in [2.24, 2.45) is 0 Å². The van der Waals surface area contributed by atoms with Gasteiger partial charge in [0.25, 0.3) is 0 Å². The van der Waals surface area contributed by atoms with Crippen molar-refractivity contribution in [3.8, 4) is 17.1 Å². The Kier molecular flexibility index (Phi) is 5.86. The molecule has 4 aromatic rings. The van der Waals surface area contributed by atoms with Crippen LogP contribution in [0, 0.1) is 6.92 Å². The van der Waals surface area contributed by atoms with Crippen LogP contribution in [0.3, 0.4) is 0 Å². The van der Waals surface area contributed by atoms with Crippen LogP contribution in [0.5, 0.6) is 5.75 Å². The highest BCUT2D eigenvalue weighted by Gasteiger charge is 2.43. The minimum atomic E-state index is -0.394. The summed E-state index contributed by atoms with van der Waals surface area (Å²) in [6, 6.07) is 19.9. The SMILES string of the molecule is Cc1ccc(-c2ccc([C@@H]3[C@H](c4ccccn4)NC(=S)N3c3cc(Cl)ccc3O)o2)c(Br)c1. The molecule has 0 spiro atoms. The van der Waals surface area contributed by atoms with E-state index in [4.69, 9.17) is 28.2 Å². The second kappa shape index (κ2) is 8.82. The Bertz CT molecular complexity index is 1340. The third-order valence-corrected chi connectivity index (χ3v) is 6.81. The summed E-state index contributed by atoms with van der Waals surface area (Å²) in [5.41, 5.74) is 3.41. The number of anilines is 1. The number of benzene rings is 2. The first kappa shape index (κ1) is 21.9. The van der Waals surface area contributed by atoms with Crippen LogP contribution in [0.1, 0.15) is 29.1 Å². The molecule has 3 heterocycles. The van der Waals surface area contributed by atoms with Gasteiger partial charge in [0.2, 0.25) is 0 Å². The van der Waals surface area contributed by atoms with Crippen LogP contribution in [-0.2, 0) is 0 Å². The monoisotopic (exact) mass is 539 g/mol. The molecule has 0 bridgehead atoms. The summed E-state index contributed by atoms with van der Waals surface area (Å²) >= 11 is 15.6. The summed E-state index contributed by atoms with van der Waals surface area (Å²) in [6.07, 6.45) is 1.74. The van der Waals surface area contributed by atoms with Crippen molar-refractivity contribution in [3.05, 3.63) is 99.4 Å². The van der Waals surface area contributed by atoms with Crippen molar-refractivity contribution < 1.29 is 9.52 Å². The Morgan fingerprint density at radius 3 is 2.73 bits per heavy atom. The third-order valence-electron chi connectivity index (χ3n) is 5.60. The molecular formula is C25H19BrClN3O2S. The van der Waals surface area contributed by atoms with Crippen molar-refractivity contribution >= 4 is 50.5 Å². The number of thiocarbonyl (C=S) groups is 1. The maximum absolute atomic E-state index is 10.6. The van der Waals surface area contributed by atoms with Crippen LogP contribution in [0.25, 0.3) is 11.3 Å². The van der Waals surface area contributed by atoms with Gasteiger partial charge in [-0.05, 0) is 79.3 Å². The minimum Gasteiger partial charge on any atom is -0.506 e. The number of hydrogen-bond acceptors (Lipinski definition) is 4. The number of aryl methyl sites for hydroxylation is 1. The predicted molar refractivity (Wildman–Crippen MR) is 138 cm³/mol. The number of nitrogens with one attached hydrogen (secondary N) is 1. The van der Waals surface area contributed by atoms with Gasteiger partial charge >= 0.3 is 0 Å². The maximum atomic E-state index is 10.6. The fraction of sp³-hybridized carbons (Fsp3) is 0.120. The van der Waals surface area contributed by atoms with Gasteiger partial charge in [-0.1, -0.05) is 39.7 Å². The zero-order valence-electron chi connectivity index (χ0n) is 17.5. The molecule has 0 saturated carbocycles. The summed E-state index contributed by atoms with van der Waals surface area (Å²) < 4.78 is 7.34. The van der Waals surface area contributed by atoms with Crippen molar-refractivity contribution in [2.75, 3.05) is 4.90 Å². The molecule has 2 atom stereocenters. The Morgan fingerprint density at radius 1 is 1.12 bits per heavy atom. The molecule has 5 rings (SSSR count). The van der Waals surface area contributed by atoms with Crippen LogP contribution >= 0.6 is 39.7 Å². The summed E-state index contributed by atoms with van der Waals surface area (Å²) in [5.74, 6) is 1.48. The molecule has 1 saturated heterocycles. The first-order chi connectivity index (χ1) is 15.9. The van der Waals surface area contributed by atoms with Crippen LogP contribution in [0.2, 0.25) is 5.02 Å². The normalized spacial score (nSPS) is 17.9. The van der Waals surface area contributed by atoms with Crippen LogP contribution in [-0.4, -0.2) is 15.2 Å². The Morgan fingerprint density at radius 2 is 1.97 bits per heavy atom. The fourth-order valence-electron chi connectivity index (χ4n) is 4.07. The molecular weight excluding hydrogens is 522 g/mol. The molecule has 0 amide bonds. The number of phenols is 1. The van der Waals surface area contributed by atoms with Crippen molar-refractivity contribution in [3.63, 3.8) is 0 Å². The van der Waals surface area contributed by atoms with Crippen LogP contribution < -0.4 is 10.2 Å². The highest BCUT2D eigenvalue weighted by molar-refractivity contribution is 9.10. The van der Waals surface area contributed by atoms with Gasteiger partial charge in [-0.15, -0.1) is 0 Å². The number of furan rings is 1. The standard InChI is InChI=1S/C25H19BrClN3O2S/c1-14-5-7-16(17(26)12-14)21-9-10-22(32-21)24-23(18-4-2-3-11-28-18)29-25(33)30(24)19-13-15(27)6-8-20(19)31/h2-13,23-24,31H,1H3,(H,29,33)/t23-,24+/m0/s1. The van der Waals surface area contributed by atoms with Gasteiger partial charge in [0.1, 0.15) is 23.3 Å². The summed E-state index contributed by atoms with van der Waals surface area (Å²) in [4.78, 5) is 6.38. The van der Waals surface area contributed by atoms with E-state index in [0.29, 0.717) is 21.6 Å². The number of aromatic nitrogens is 1. The molecule has 1 aliphatic heterocycles. The van der Waals surface area contributed by atoms with Gasteiger partial charge in [0, 0.05) is 21.3 Å². The van der Waals surface area contributed by atoms with Gasteiger partial charge in [0.05, 0.1) is 17.4 Å². The lowest BCUT2D eigenvalue weighted by Gasteiger charge is -2.26. The van der Waals surface area contributed by atoms with Crippen LogP contribution in [0.15, 0.2) is 81.8 Å². The second-order valence-electron chi connectivity index (χ2n) is 7.81. The average Bonchev–Trinajstić information content (AvgIpc) is 3.40. The number of phenolic OH excluding ortho intramolecular Hbond substituents is 1. The molecule has 166 valence electrons. The molecule has 0 unspecified atom stereocenters. The number of rotatable bonds is 4. The minimum absolute atomic E-state index is 0.0725. The number of halogens is 2. The van der Waals surface area contributed by atoms with Crippen molar-refractivity contribution in [2.45, 2.75) is 19.0 Å². The summed E-state index contributed by atoms with van der Waals surface area (Å²) in [5, 5.41) is 14.9. The summed E-state index contributed by atoms with van der Waals surface area (Å²) in [6.45, 7) is 2.04. The van der Waals surface area contributed by atoms with Crippen molar-refractivity contribution in [1.82, 2.24) is 10.3 Å². The van der Waals surface area contributed by atoms with E-state index in [1.165, 1.54) is 0 Å². The largest absolute Gasteiger partial charge is 0.506 e. The Labute approximate surface area is 210 Å². The highest BCUT2D eigenvalue weighted by Crippen LogP contribution is 2.46. The molecule has 5 nitrogen and oxygen atoms in total. The van der Waals surface area contributed by atoms with E-state index >= 15 is 0 Å². The molecule has 2 aromatic carbocycles. The highest BCUT2D eigenvalue weighted by atomic mass is 79.9. The molecule has 33 heavy (non-hydrogen) atoms. The zero-order chi connectivity index (χ0) is 23.1. The molecule has 0 aliphatic carbocycles. The molecule has 2 N–H and O–H groups in total. The van der Waals surface area contributed by atoms with E-state index in [9.17, 15) is 5.11 Å². The van der Waals surface area contributed by atoms with E-state index in [0.717, 1.165) is 27.1 Å². The fourth-order valence-corrected chi connectivity index (χ4v) is 5.26. The number of hydrogen-bond donors (Lipinski definition) is 2. The third kappa shape index (κ3) is 4.12. The summed E-state index contributed by atoms with van der Waals surface area (Å²) in [7, 11) is 0. The van der Waals surface area contributed by atoms with Crippen LogP contribution in [0.4, 0.5) is 5.69 Å². The first-order valence-electron chi connectivity index (χ1n) is 10.3. The average molecular weight is 541 g/mol. The predicted octanol–water partition coefficient (Wildman–Crippen LogP) is 6.95. The Balaban J connectivity index is 1.63. The molecule has 0 radical (unpaired) electrons. The number of aromatic hydroxyl groups is 1. The van der Waals surface area contributed by atoms with E-state index in [-0.39, 0.29) is 11.8 Å². The number of pyridine rings is 1. The zero-order valence-corrected chi connectivity index (χ0v) is 20.7. The van der Waals surface area contributed by atoms with E-state index < -0.39 is 6.04 Å². The van der Waals surface area contributed by atoms with Gasteiger partial charge in [-0.25, -0.2) is 0 Å². The first-order valence-corrected chi connectivity index (χ1v) is 11.9. The molecule has 2 aromatic heterocycles. The van der Waals surface area contributed by atoms with E-state index in [2.05, 4.69) is 32.3 Å². The van der Waals surface area contributed by atoms with E-state index in [1.807, 2.05) is 54.3 Å². The molecule has 8 heteroatoms. The quantitative estimate of drug-likeness (QED) is 0.273. The lowest BCUT2D eigenvalue weighted by Crippen LogP contribution is -2.29.